The van der Waals surface area contributed by atoms with Crippen molar-refractivity contribution in [2.24, 2.45) is 0 Å². The lowest BCUT2D eigenvalue weighted by Crippen LogP contribution is -2.30. The zero-order valence-corrected chi connectivity index (χ0v) is 16.3. The van der Waals surface area contributed by atoms with Crippen LogP contribution >= 0.6 is 0 Å². The highest BCUT2D eigenvalue weighted by Gasteiger charge is 2.22. The van der Waals surface area contributed by atoms with Gasteiger partial charge in [0.25, 0.3) is 0 Å². The van der Waals surface area contributed by atoms with E-state index in [0.29, 0.717) is 5.56 Å². The predicted octanol–water partition coefficient (Wildman–Crippen LogP) is 5.30. The Hall–Kier alpha value is -3.59. The summed E-state index contributed by atoms with van der Waals surface area (Å²) in [6.45, 7) is 2.03. The van der Waals surface area contributed by atoms with Crippen LogP contribution in [-0.4, -0.2) is 11.0 Å². The van der Waals surface area contributed by atoms with E-state index in [4.69, 9.17) is 0 Å². The number of phenolic OH excluding ortho intramolecular Hbond substituents is 1. The van der Waals surface area contributed by atoms with Crippen LogP contribution in [0.25, 0.3) is 10.8 Å². The van der Waals surface area contributed by atoms with Crippen LogP contribution in [0.15, 0.2) is 91.0 Å². The molecule has 0 spiro atoms. The van der Waals surface area contributed by atoms with Gasteiger partial charge in [-0.2, -0.15) is 0 Å². The monoisotopic (exact) mass is 381 g/mol. The maximum atomic E-state index is 12.9. The second kappa shape index (κ2) is 8.19. The first-order valence-corrected chi connectivity index (χ1v) is 9.72. The third-order valence-electron chi connectivity index (χ3n) is 5.16. The van der Waals surface area contributed by atoms with Crippen LogP contribution in [0.5, 0.6) is 5.75 Å². The molecule has 0 aliphatic carbocycles. The van der Waals surface area contributed by atoms with Gasteiger partial charge in [-0.25, -0.2) is 0 Å². The van der Waals surface area contributed by atoms with Crippen molar-refractivity contribution in [1.82, 2.24) is 5.32 Å². The molecule has 4 aromatic rings. The Balaban J connectivity index is 1.76. The minimum Gasteiger partial charge on any atom is -0.508 e. The number of aromatic hydroxyl groups is 1. The van der Waals surface area contributed by atoms with Crippen molar-refractivity contribution in [3.63, 3.8) is 0 Å². The van der Waals surface area contributed by atoms with Crippen LogP contribution in [0.3, 0.4) is 0 Å². The number of hydrogen-bond acceptors (Lipinski definition) is 2. The normalized spacial score (nSPS) is 11.9. The number of hydrogen-bond donors (Lipinski definition) is 2. The van der Waals surface area contributed by atoms with Crippen molar-refractivity contribution in [3.05, 3.63) is 113 Å². The Morgan fingerprint density at radius 3 is 2.31 bits per heavy atom. The maximum Gasteiger partial charge on any atom is 0.225 e. The van der Waals surface area contributed by atoms with Crippen molar-refractivity contribution in [2.75, 3.05) is 0 Å². The van der Waals surface area contributed by atoms with Crippen LogP contribution in [0.4, 0.5) is 0 Å². The second-order valence-electron chi connectivity index (χ2n) is 7.29. The number of fused-ring (bicyclic) bond motifs is 1. The highest BCUT2D eigenvalue weighted by atomic mass is 16.3. The molecule has 2 N–H and O–H groups in total. The fourth-order valence-corrected chi connectivity index (χ4v) is 3.66. The quantitative estimate of drug-likeness (QED) is 0.493. The predicted molar refractivity (Wildman–Crippen MR) is 117 cm³/mol. The third kappa shape index (κ3) is 4.14. The standard InChI is InChI=1S/C26H23NO2/c1-18-11-13-21(14-12-18)26(27-24(29)17-19-7-3-2-4-8-19)25-22-10-6-5-9-20(22)15-16-23(25)28/h2-16,26,28H,17H2,1H3,(H,27,29)/t26-/m1/s1. The van der Waals surface area contributed by atoms with Crippen molar-refractivity contribution < 1.29 is 9.90 Å². The molecule has 0 radical (unpaired) electrons. The molecule has 144 valence electrons. The number of aryl methyl sites for hydroxylation is 1. The topological polar surface area (TPSA) is 49.3 Å². The van der Waals surface area contributed by atoms with Gasteiger partial charge in [-0.1, -0.05) is 90.5 Å². The van der Waals surface area contributed by atoms with Crippen LogP contribution in [0, 0.1) is 6.92 Å². The lowest BCUT2D eigenvalue weighted by molar-refractivity contribution is -0.120. The molecule has 0 aliphatic heterocycles. The Kier molecular flexibility index (Phi) is 5.30. The molecule has 0 heterocycles. The molecule has 0 fully saturated rings. The fraction of sp³-hybridized carbons (Fsp3) is 0.115. The maximum absolute atomic E-state index is 12.9. The van der Waals surface area contributed by atoms with Crippen LogP contribution in [-0.2, 0) is 11.2 Å². The van der Waals surface area contributed by atoms with Crippen LogP contribution in [0.1, 0.15) is 28.3 Å². The van der Waals surface area contributed by atoms with E-state index in [1.807, 2.05) is 91.9 Å². The highest BCUT2D eigenvalue weighted by Crippen LogP contribution is 2.36. The minimum absolute atomic E-state index is 0.0888. The number of carbonyl (C=O) groups excluding carboxylic acids is 1. The van der Waals surface area contributed by atoms with Gasteiger partial charge in [0.1, 0.15) is 5.75 Å². The molecule has 3 heteroatoms. The number of phenols is 1. The first-order chi connectivity index (χ1) is 14.1. The third-order valence-corrected chi connectivity index (χ3v) is 5.16. The molecule has 0 saturated heterocycles. The number of nitrogens with one attached hydrogen (secondary N) is 1. The van der Waals surface area contributed by atoms with Crippen LogP contribution < -0.4 is 5.32 Å². The van der Waals surface area contributed by atoms with Gasteiger partial charge >= 0.3 is 0 Å². The van der Waals surface area contributed by atoms with Crippen molar-refractivity contribution in [2.45, 2.75) is 19.4 Å². The zero-order chi connectivity index (χ0) is 20.2. The summed E-state index contributed by atoms with van der Waals surface area (Å²) in [6, 6.07) is 28.8. The van der Waals surface area contributed by atoms with Gasteiger partial charge in [-0.3, -0.25) is 4.79 Å². The smallest absolute Gasteiger partial charge is 0.225 e. The summed E-state index contributed by atoms with van der Waals surface area (Å²) in [6.07, 6.45) is 0.286. The number of carbonyl (C=O) groups is 1. The largest absolute Gasteiger partial charge is 0.508 e. The summed E-state index contributed by atoms with van der Waals surface area (Å²) in [7, 11) is 0. The van der Waals surface area contributed by atoms with Crippen molar-refractivity contribution in [1.29, 1.82) is 0 Å². The van der Waals surface area contributed by atoms with Gasteiger partial charge in [-0.15, -0.1) is 0 Å². The molecule has 4 rings (SSSR count). The van der Waals surface area contributed by atoms with Crippen molar-refractivity contribution >= 4 is 16.7 Å². The summed E-state index contributed by atoms with van der Waals surface area (Å²) >= 11 is 0. The molecular weight excluding hydrogens is 358 g/mol. The summed E-state index contributed by atoms with van der Waals surface area (Å²) in [5.74, 6) is 0.0865. The summed E-state index contributed by atoms with van der Waals surface area (Å²) in [4.78, 5) is 12.9. The van der Waals surface area contributed by atoms with Crippen LogP contribution in [0.2, 0.25) is 0 Å². The fourth-order valence-electron chi connectivity index (χ4n) is 3.66. The number of benzene rings is 4. The summed E-state index contributed by atoms with van der Waals surface area (Å²) in [5, 5.41) is 15.8. The number of amides is 1. The Morgan fingerprint density at radius 1 is 0.862 bits per heavy atom. The lowest BCUT2D eigenvalue weighted by Gasteiger charge is -2.23. The average Bonchev–Trinajstić information content (AvgIpc) is 2.74. The van der Waals surface area contributed by atoms with Gasteiger partial charge < -0.3 is 10.4 Å². The minimum atomic E-state index is -0.446. The molecule has 4 aromatic carbocycles. The average molecular weight is 381 g/mol. The molecule has 3 nitrogen and oxygen atoms in total. The van der Waals surface area contributed by atoms with E-state index < -0.39 is 6.04 Å². The van der Waals surface area contributed by atoms with E-state index in [1.165, 1.54) is 0 Å². The first kappa shape index (κ1) is 18.8. The lowest BCUT2D eigenvalue weighted by atomic mass is 9.92. The SMILES string of the molecule is Cc1ccc([C@@H](NC(=O)Cc2ccccc2)c2c(O)ccc3ccccc23)cc1. The van der Waals surface area contributed by atoms with Crippen molar-refractivity contribution in [3.8, 4) is 5.75 Å². The van der Waals surface area contributed by atoms with E-state index in [0.717, 1.165) is 27.5 Å². The van der Waals surface area contributed by atoms with Gasteiger partial charge in [0.05, 0.1) is 12.5 Å². The Bertz CT molecular complexity index is 1130. The molecule has 0 aromatic heterocycles. The highest BCUT2D eigenvalue weighted by molar-refractivity contribution is 5.89. The number of rotatable bonds is 5. The Morgan fingerprint density at radius 2 is 1.55 bits per heavy atom. The zero-order valence-electron chi connectivity index (χ0n) is 16.3. The molecule has 0 aliphatic rings. The van der Waals surface area contributed by atoms with Gasteiger partial charge in [0.15, 0.2) is 0 Å². The molecule has 29 heavy (non-hydrogen) atoms. The van der Waals surface area contributed by atoms with E-state index in [1.54, 1.807) is 6.07 Å². The first-order valence-electron chi connectivity index (χ1n) is 9.72. The second-order valence-corrected chi connectivity index (χ2v) is 7.29. The Labute approximate surface area is 170 Å². The summed E-state index contributed by atoms with van der Waals surface area (Å²) < 4.78 is 0. The molecule has 1 amide bonds. The molecular formula is C26H23NO2. The molecule has 1 atom stereocenters. The van der Waals surface area contributed by atoms with E-state index in [-0.39, 0.29) is 18.1 Å². The molecule has 0 saturated carbocycles. The van der Waals surface area contributed by atoms with Gasteiger partial charge in [-0.05, 0) is 34.9 Å². The van der Waals surface area contributed by atoms with E-state index in [2.05, 4.69) is 5.32 Å². The van der Waals surface area contributed by atoms with E-state index in [9.17, 15) is 9.90 Å². The van der Waals surface area contributed by atoms with Gasteiger partial charge in [0.2, 0.25) is 5.91 Å². The molecule has 0 unspecified atom stereocenters. The van der Waals surface area contributed by atoms with Gasteiger partial charge in [0, 0.05) is 5.56 Å². The van der Waals surface area contributed by atoms with E-state index >= 15 is 0 Å². The molecule has 0 bridgehead atoms. The summed E-state index contributed by atoms with van der Waals surface area (Å²) in [5.41, 5.74) is 3.75.